The quantitative estimate of drug-likeness (QED) is 0.0249. The zero-order valence-corrected chi connectivity index (χ0v) is 39.6. The molecule has 3 rings (SSSR count). The molecule has 1 saturated heterocycles. The first-order chi connectivity index (χ1) is 32.7. The Morgan fingerprint density at radius 2 is 1.39 bits per heavy atom. The van der Waals surface area contributed by atoms with Gasteiger partial charge in [0.05, 0.1) is 31.7 Å². The summed E-state index contributed by atoms with van der Waals surface area (Å²) in [6.45, 7) is 6.99. The van der Waals surface area contributed by atoms with Crippen LogP contribution in [0, 0.1) is 11.3 Å². The highest BCUT2D eigenvalue weighted by Gasteiger charge is 2.38. The number of nitrogens with one attached hydrogen (secondary N) is 8. The minimum atomic E-state index is -1.72. The lowest BCUT2D eigenvalue weighted by atomic mass is 9.99. The summed E-state index contributed by atoms with van der Waals surface area (Å²) in [7, 11) is 0. The Morgan fingerprint density at radius 1 is 0.739 bits per heavy atom. The van der Waals surface area contributed by atoms with Crippen molar-refractivity contribution in [2.45, 2.75) is 121 Å². The van der Waals surface area contributed by atoms with Crippen LogP contribution in [0.25, 0.3) is 0 Å². The van der Waals surface area contributed by atoms with Crippen molar-refractivity contribution in [3.05, 3.63) is 65.7 Å². The molecule has 1 aliphatic rings. The fourth-order valence-electron chi connectivity index (χ4n) is 7.35. The summed E-state index contributed by atoms with van der Waals surface area (Å²) < 4.78 is 5.47. The molecule has 0 spiro atoms. The predicted octanol–water partition coefficient (Wildman–Crippen LogP) is -2.58. The average molecular weight is 964 g/mol. The van der Waals surface area contributed by atoms with Gasteiger partial charge >= 0.3 is 0 Å². The second kappa shape index (κ2) is 28.3. The van der Waals surface area contributed by atoms with E-state index in [1.165, 1.54) is 4.90 Å². The maximum Gasteiger partial charge on any atom is 0.249 e. The first-order valence-electron chi connectivity index (χ1n) is 23.0. The molecule has 0 bridgehead atoms. The molecule has 0 saturated carbocycles. The number of nitrogens with two attached hydrogens (primary N) is 4. The van der Waals surface area contributed by atoms with Crippen LogP contribution in [0.5, 0.6) is 5.75 Å². The zero-order chi connectivity index (χ0) is 51.2. The third-order valence-electron chi connectivity index (χ3n) is 11.1. The van der Waals surface area contributed by atoms with Crippen LogP contribution >= 0.6 is 0 Å². The van der Waals surface area contributed by atoms with Gasteiger partial charge in [-0.05, 0) is 74.6 Å². The fourth-order valence-corrected chi connectivity index (χ4v) is 7.35. The van der Waals surface area contributed by atoms with Gasteiger partial charge in [0.2, 0.25) is 53.2 Å². The number of hydrogen-bond donors (Lipinski definition) is 12. The maximum absolute atomic E-state index is 14.0. The van der Waals surface area contributed by atoms with Crippen molar-refractivity contribution < 1.29 is 47.9 Å². The molecule has 69 heavy (non-hydrogen) atoms. The molecule has 0 aliphatic carbocycles. The molecule has 9 amide bonds. The summed E-state index contributed by atoms with van der Waals surface area (Å²) in [4.78, 5) is 121. The van der Waals surface area contributed by atoms with E-state index in [2.05, 4.69) is 31.9 Å². The number of nitrogens with zero attached hydrogens (tertiary/aromatic N) is 1. The number of carbonyl (C=O) groups excluding carboxylic acids is 9. The molecule has 2 aromatic carbocycles. The van der Waals surface area contributed by atoms with Crippen molar-refractivity contribution in [3.63, 3.8) is 0 Å². The third-order valence-corrected chi connectivity index (χ3v) is 11.1. The van der Waals surface area contributed by atoms with E-state index in [0.29, 0.717) is 43.7 Å². The number of primary amides is 1. The lowest BCUT2D eigenvalue weighted by molar-refractivity contribution is -0.140. The van der Waals surface area contributed by atoms with E-state index in [-0.39, 0.29) is 38.2 Å². The second-order valence-corrected chi connectivity index (χ2v) is 17.0. The van der Waals surface area contributed by atoms with Crippen LogP contribution in [0.15, 0.2) is 54.6 Å². The molecular formula is C46H69N13O10. The number of guanidine groups is 1. The van der Waals surface area contributed by atoms with Crippen molar-refractivity contribution in [1.29, 1.82) is 5.41 Å². The number of hydrogen-bond acceptors (Lipinski definition) is 13. The molecule has 0 aromatic heterocycles. The highest BCUT2D eigenvalue weighted by atomic mass is 16.5. The Kier molecular flexibility index (Phi) is 23.0. The number of amides is 9. The Morgan fingerprint density at radius 3 is 2.00 bits per heavy atom. The molecule has 7 atom stereocenters. The molecule has 1 unspecified atom stereocenters. The van der Waals surface area contributed by atoms with Crippen LogP contribution < -0.4 is 64.9 Å². The van der Waals surface area contributed by atoms with E-state index >= 15 is 0 Å². The topological polar surface area (TPSA) is 378 Å². The van der Waals surface area contributed by atoms with Crippen LogP contribution in [0.1, 0.15) is 77.3 Å². The monoisotopic (exact) mass is 964 g/mol. The van der Waals surface area contributed by atoms with Gasteiger partial charge in [-0.1, -0.05) is 63.2 Å². The normalized spacial score (nSPS) is 15.8. The van der Waals surface area contributed by atoms with E-state index in [0.717, 1.165) is 5.56 Å². The van der Waals surface area contributed by atoms with E-state index in [9.17, 15) is 43.2 Å². The van der Waals surface area contributed by atoms with E-state index in [1.54, 1.807) is 75.4 Å². The van der Waals surface area contributed by atoms with Crippen LogP contribution in [0.4, 0.5) is 0 Å². The molecule has 378 valence electrons. The molecule has 23 heteroatoms. The Hall–Kier alpha value is -7.14. The van der Waals surface area contributed by atoms with Gasteiger partial charge in [0.15, 0.2) is 5.96 Å². The number of rotatable bonds is 27. The Bertz CT molecular complexity index is 2110. The molecule has 2 aromatic rings. The van der Waals surface area contributed by atoms with Crippen molar-refractivity contribution in [3.8, 4) is 5.75 Å². The minimum Gasteiger partial charge on any atom is -0.494 e. The average Bonchev–Trinajstić information content (AvgIpc) is 3.81. The summed E-state index contributed by atoms with van der Waals surface area (Å²) in [6.07, 6.45) is 0.890. The Balaban J connectivity index is 1.69. The van der Waals surface area contributed by atoms with Gasteiger partial charge in [0, 0.05) is 19.5 Å². The van der Waals surface area contributed by atoms with Crippen molar-refractivity contribution in [2.75, 3.05) is 26.2 Å². The standard InChI is InChI=1S/C46H69N13O10/c1-5-30(47)45(68)59-21-11-15-35(59)43(66)54-32(14-10-20-52-46(50)51)40(63)53-25-37(61)57-41(64)34(24-36(49)60)56-44(67)38(26(3)4)58-42(65)33(23-27-12-8-7-9-13-27)55-39(62)31(48)22-28-16-18-29(19-17-28)69-6-2/h7-9,12-13,16-19,26,30-35,38H,5-6,10-11,14-15,20-25,47-48H2,1-4H3,(H2,49,60)(H,53,63)(H,54,66)(H,55,62)(H,56,67)(H,58,65)(H4,50,51,52)(H,57,61,64)/t30?,31-,32-,33-,34-,35-,38-/m0/s1. The molecule has 0 radical (unpaired) electrons. The van der Waals surface area contributed by atoms with Crippen LogP contribution in [-0.2, 0) is 56.0 Å². The van der Waals surface area contributed by atoms with Gasteiger partial charge in [0.1, 0.15) is 36.0 Å². The smallest absolute Gasteiger partial charge is 0.249 e. The maximum atomic E-state index is 14.0. The van der Waals surface area contributed by atoms with Crippen LogP contribution in [0.3, 0.4) is 0 Å². The van der Waals surface area contributed by atoms with Gasteiger partial charge in [0.25, 0.3) is 0 Å². The highest BCUT2D eigenvalue weighted by molar-refractivity contribution is 6.03. The SMILES string of the molecule is CCOc1ccc(C[C@H](N)C(=O)N[C@@H](Cc2ccccc2)C(=O)N[C@H](C(=O)N[C@@H](CC(N)=O)C(=O)NC(=O)CNC(=O)[C@H](CCCNC(=N)N)NC(=O)[C@@H]2CCCN2C(=O)C(N)CC)C(C)C)cc1. The van der Waals surface area contributed by atoms with Gasteiger partial charge in [-0.25, -0.2) is 0 Å². The lowest BCUT2D eigenvalue weighted by Gasteiger charge is -2.28. The zero-order valence-electron chi connectivity index (χ0n) is 39.6. The number of carbonyl (C=O) groups is 9. The van der Waals surface area contributed by atoms with Crippen LogP contribution in [0.2, 0.25) is 0 Å². The summed E-state index contributed by atoms with van der Waals surface area (Å²) in [5, 5.41) is 24.7. The van der Waals surface area contributed by atoms with Gasteiger partial charge in [-0.2, -0.15) is 0 Å². The van der Waals surface area contributed by atoms with Crippen molar-refractivity contribution in [2.24, 2.45) is 28.9 Å². The van der Waals surface area contributed by atoms with E-state index in [1.807, 2.05) is 12.2 Å². The van der Waals surface area contributed by atoms with Gasteiger partial charge < -0.3 is 64.5 Å². The number of benzene rings is 2. The number of likely N-dealkylation sites (tertiary alicyclic amines) is 1. The largest absolute Gasteiger partial charge is 0.494 e. The highest BCUT2D eigenvalue weighted by Crippen LogP contribution is 2.20. The van der Waals surface area contributed by atoms with Crippen LogP contribution in [-0.4, -0.2) is 133 Å². The summed E-state index contributed by atoms with van der Waals surface area (Å²) in [6, 6.07) is 7.64. The van der Waals surface area contributed by atoms with Gasteiger partial charge in [-0.15, -0.1) is 0 Å². The molecular weight excluding hydrogens is 895 g/mol. The summed E-state index contributed by atoms with van der Waals surface area (Å²) in [5.41, 5.74) is 24.4. The fraction of sp³-hybridized carbons (Fsp3) is 0.522. The van der Waals surface area contributed by atoms with E-state index < -0.39 is 114 Å². The first kappa shape index (κ1) is 56.2. The van der Waals surface area contributed by atoms with Crippen molar-refractivity contribution in [1.82, 2.24) is 42.1 Å². The summed E-state index contributed by atoms with van der Waals surface area (Å²) >= 11 is 0. The number of ether oxygens (including phenoxy) is 1. The summed E-state index contributed by atoms with van der Waals surface area (Å²) in [5.74, 6) is -7.65. The predicted molar refractivity (Wildman–Crippen MR) is 254 cm³/mol. The molecule has 1 fully saturated rings. The molecule has 1 aliphatic heterocycles. The third kappa shape index (κ3) is 18.8. The molecule has 23 nitrogen and oxygen atoms in total. The minimum absolute atomic E-state index is 0.0184. The second-order valence-electron chi connectivity index (χ2n) is 17.0. The molecule has 1 heterocycles. The number of imide groups is 1. The Labute approximate surface area is 401 Å². The van der Waals surface area contributed by atoms with E-state index in [4.69, 9.17) is 33.1 Å². The van der Waals surface area contributed by atoms with Crippen molar-refractivity contribution >= 4 is 59.1 Å². The molecule has 16 N–H and O–H groups in total. The van der Waals surface area contributed by atoms with Gasteiger partial charge in [-0.3, -0.25) is 53.9 Å². The lowest BCUT2D eigenvalue weighted by Crippen LogP contribution is -2.60. The first-order valence-corrected chi connectivity index (χ1v) is 23.0.